The summed E-state index contributed by atoms with van der Waals surface area (Å²) >= 11 is 1.88. The molecule has 1 aliphatic rings. The number of rotatable bonds is 3. The van der Waals surface area contributed by atoms with E-state index in [9.17, 15) is 0 Å². The summed E-state index contributed by atoms with van der Waals surface area (Å²) in [5.74, 6) is 0. The SMILES string of the molecule is C=[N+]1C=CC(C(C)(C)C)=C[C-]1c1c(C)ccc2c1[s+][c-]1ccc(-c3ccc(-c4ccccc4)cc3)cc21. The second-order valence-corrected chi connectivity index (χ2v) is 12.0. The zero-order valence-corrected chi connectivity index (χ0v) is 22.7. The molecule has 0 bridgehead atoms. The van der Waals surface area contributed by atoms with Crippen LogP contribution in [0.1, 0.15) is 31.9 Å². The Morgan fingerprint density at radius 1 is 0.811 bits per heavy atom. The van der Waals surface area contributed by atoms with Crippen LogP contribution in [0.25, 0.3) is 42.4 Å². The predicted molar refractivity (Wildman–Crippen MR) is 161 cm³/mol. The summed E-state index contributed by atoms with van der Waals surface area (Å²) in [6.07, 6.45) is 6.60. The fourth-order valence-corrected chi connectivity index (χ4v) is 6.42. The molecule has 2 heterocycles. The van der Waals surface area contributed by atoms with E-state index in [0.29, 0.717) is 0 Å². The van der Waals surface area contributed by atoms with Crippen LogP contribution in [0.5, 0.6) is 0 Å². The topological polar surface area (TPSA) is 3.01 Å². The van der Waals surface area contributed by atoms with E-state index in [0.717, 1.165) is 0 Å². The molecule has 0 unspecified atom stereocenters. The molecule has 0 radical (unpaired) electrons. The molecule has 0 atom stereocenters. The molecule has 37 heavy (non-hydrogen) atoms. The van der Waals surface area contributed by atoms with Crippen LogP contribution in [0.15, 0.2) is 109 Å². The highest BCUT2D eigenvalue weighted by Crippen LogP contribution is 2.43. The third-order valence-electron chi connectivity index (χ3n) is 7.33. The Balaban J connectivity index is 1.45. The number of allylic oxidation sites excluding steroid dienone is 2. The number of fused-ring (bicyclic) bond motifs is 3. The van der Waals surface area contributed by atoms with Crippen molar-refractivity contribution in [2.75, 3.05) is 0 Å². The fraction of sp³-hybridized carbons (Fsp3) is 0.143. The molecule has 0 fully saturated rings. The largest absolute Gasteiger partial charge is 0.255 e. The van der Waals surface area contributed by atoms with E-state index in [-0.39, 0.29) is 5.41 Å². The quantitative estimate of drug-likeness (QED) is 0.133. The molecule has 182 valence electrons. The predicted octanol–water partition coefficient (Wildman–Crippen LogP) is 9.79. The van der Waals surface area contributed by atoms with Crippen molar-refractivity contribution in [2.45, 2.75) is 27.7 Å². The first-order chi connectivity index (χ1) is 17.8. The molecule has 0 saturated heterocycles. The summed E-state index contributed by atoms with van der Waals surface area (Å²) in [7, 11) is 0. The van der Waals surface area contributed by atoms with Crippen LogP contribution in [0.3, 0.4) is 0 Å². The lowest BCUT2D eigenvalue weighted by molar-refractivity contribution is -0.418. The van der Waals surface area contributed by atoms with Crippen LogP contribution in [0.4, 0.5) is 0 Å². The minimum absolute atomic E-state index is 0.0793. The van der Waals surface area contributed by atoms with Crippen molar-refractivity contribution < 1.29 is 4.58 Å². The van der Waals surface area contributed by atoms with Crippen molar-refractivity contribution in [1.82, 2.24) is 0 Å². The molecule has 1 aromatic heterocycles. The zero-order valence-electron chi connectivity index (χ0n) is 21.9. The minimum atomic E-state index is 0.0793. The first kappa shape index (κ1) is 23.5. The maximum atomic E-state index is 4.33. The van der Waals surface area contributed by atoms with E-state index in [2.05, 4.69) is 138 Å². The molecule has 0 spiro atoms. The molecule has 1 aliphatic heterocycles. The van der Waals surface area contributed by atoms with Gasteiger partial charge in [-0.2, -0.15) is 0 Å². The molecule has 5 aromatic rings. The molecule has 0 saturated carbocycles. The Hall–Kier alpha value is -3.88. The van der Waals surface area contributed by atoms with E-state index in [4.69, 9.17) is 0 Å². The van der Waals surface area contributed by atoms with Crippen molar-refractivity contribution in [3.8, 4) is 22.3 Å². The Labute approximate surface area is 223 Å². The van der Waals surface area contributed by atoms with E-state index in [1.807, 2.05) is 15.9 Å². The number of nitrogens with zero attached hydrogens (tertiary/aromatic N) is 1. The van der Waals surface area contributed by atoms with E-state index in [1.54, 1.807) is 0 Å². The maximum absolute atomic E-state index is 4.33. The number of benzene rings is 4. The highest BCUT2D eigenvalue weighted by atomic mass is 32.1. The van der Waals surface area contributed by atoms with Gasteiger partial charge in [-0.1, -0.05) is 129 Å². The van der Waals surface area contributed by atoms with Gasteiger partial charge in [0.1, 0.15) is 17.5 Å². The normalized spacial score (nSPS) is 14.0. The number of hydrogen-bond acceptors (Lipinski definition) is 0. The van der Waals surface area contributed by atoms with Crippen LogP contribution < -0.4 is 0 Å². The third kappa shape index (κ3) is 4.22. The van der Waals surface area contributed by atoms with E-state index in [1.165, 1.54) is 65.2 Å². The number of thiophene rings is 1. The average Bonchev–Trinajstić information content (AvgIpc) is 3.27. The third-order valence-corrected chi connectivity index (χ3v) is 8.54. The van der Waals surface area contributed by atoms with Crippen molar-refractivity contribution in [2.24, 2.45) is 5.41 Å². The summed E-state index contributed by atoms with van der Waals surface area (Å²) in [6.45, 7) is 13.3. The standard InChI is InChI=1S/C35H31NS/c1-23-11-17-29-30-21-27(26-14-12-25(13-15-26)24-9-7-6-8-10-24)16-18-32(30)37-34(29)33(23)31-22-28(35(2,3)4)19-20-36(31)5/h6-22H,5H2,1-4H3. The first-order valence-electron chi connectivity index (χ1n) is 12.8. The zero-order chi connectivity index (χ0) is 25.7. The van der Waals surface area contributed by atoms with Gasteiger partial charge in [0, 0.05) is 5.56 Å². The molecule has 2 heteroatoms. The van der Waals surface area contributed by atoms with Crippen LogP contribution >= 0.6 is 11.3 Å². The minimum Gasteiger partial charge on any atom is -0.255 e. The smallest absolute Gasteiger partial charge is 0.159 e. The lowest BCUT2D eigenvalue weighted by atomic mass is 9.82. The molecule has 0 aliphatic carbocycles. The Morgan fingerprint density at radius 2 is 1.49 bits per heavy atom. The van der Waals surface area contributed by atoms with Gasteiger partial charge >= 0.3 is 0 Å². The summed E-state index contributed by atoms with van der Waals surface area (Å²) < 4.78 is 4.66. The fourth-order valence-electron chi connectivity index (χ4n) is 5.13. The van der Waals surface area contributed by atoms with Gasteiger partial charge in [0.05, 0.1) is 6.72 Å². The van der Waals surface area contributed by atoms with Gasteiger partial charge in [0.25, 0.3) is 0 Å². The summed E-state index contributed by atoms with van der Waals surface area (Å²) in [4.78, 5) is 0. The van der Waals surface area contributed by atoms with Crippen molar-refractivity contribution in [1.29, 1.82) is 0 Å². The van der Waals surface area contributed by atoms with Gasteiger partial charge in [-0.05, 0) is 33.6 Å². The summed E-state index contributed by atoms with van der Waals surface area (Å²) in [5, 5.41) is 2.62. The van der Waals surface area contributed by atoms with Gasteiger partial charge in [0.2, 0.25) is 0 Å². The van der Waals surface area contributed by atoms with E-state index >= 15 is 0 Å². The number of aryl methyl sites for hydroxylation is 1. The molecular formula is C35H31NS. The van der Waals surface area contributed by atoms with Crippen LogP contribution in [-0.4, -0.2) is 11.3 Å². The van der Waals surface area contributed by atoms with Gasteiger partial charge in [-0.25, -0.2) is 0 Å². The number of hydrogen-bond donors (Lipinski definition) is 0. The Morgan fingerprint density at radius 3 is 2.19 bits per heavy atom. The molecule has 0 amide bonds. The lowest BCUT2D eigenvalue weighted by Crippen LogP contribution is -2.20. The molecule has 1 nitrogen and oxygen atoms in total. The average molecular weight is 498 g/mol. The molecule has 0 N–H and O–H groups in total. The monoisotopic (exact) mass is 497 g/mol. The van der Waals surface area contributed by atoms with Gasteiger partial charge in [-0.3, -0.25) is 4.58 Å². The van der Waals surface area contributed by atoms with Crippen molar-refractivity contribution in [3.63, 3.8) is 0 Å². The lowest BCUT2D eigenvalue weighted by Gasteiger charge is -2.28. The Bertz CT molecular complexity index is 1710. The van der Waals surface area contributed by atoms with Gasteiger partial charge in [-0.15, -0.1) is 12.1 Å². The highest BCUT2D eigenvalue weighted by molar-refractivity contribution is 7.26. The van der Waals surface area contributed by atoms with Crippen molar-refractivity contribution >= 4 is 38.2 Å². The second kappa shape index (κ2) is 8.90. The highest BCUT2D eigenvalue weighted by Gasteiger charge is 2.27. The Kier molecular flexibility index (Phi) is 5.66. The molecular weight excluding hydrogens is 466 g/mol. The molecule has 6 rings (SSSR count). The maximum Gasteiger partial charge on any atom is 0.159 e. The van der Waals surface area contributed by atoms with Gasteiger partial charge in [0.15, 0.2) is 15.4 Å². The first-order valence-corrected chi connectivity index (χ1v) is 13.6. The van der Waals surface area contributed by atoms with Crippen LogP contribution in [-0.2, 0) is 0 Å². The van der Waals surface area contributed by atoms with Crippen molar-refractivity contribution in [3.05, 3.63) is 126 Å². The van der Waals surface area contributed by atoms with E-state index < -0.39 is 0 Å². The summed E-state index contributed by atoms with van der Waals surface area (Å²) in [5.41, 5.74) is 8.93. The van der Waals surface area contributed by atoms with Gasteiger partial charge < -0.3 is 0 Å². The molecule has 4 aromatic carbocycles. The van der Waals surface area contributed by atoms with Crippen LogP contribution in [0, 0.1) is 18.4 Å². The second-order valence-electron chi connectivity index (χ2n) is 10.9. The van der Waals surface area contributed by atoms with Crippen LogP contribution in [0.2, 0.25) is 0 Å². The summed E-state index contributed by atoms with van der Waals surface area (Å²) in [6, 6.07) is 32.1.